The van der Waals surface area contributed by atoms with Crippen LogP contribution in [0, 0.1) is 6.92 Å². The molecule has 30 heavy (non-hydrogen) atoms. The van der Waals surface area contributed by atoms with Crippen molar-refractivity contribution in [2.24, 2.45) is 0 Å². The molecule has 0 spiro atoms. The summed E-state index contributed by atoms with van der Waals surface area (Å²) in [4.78, 5) is 16.6. The van der Waals surface area contributed by atoms with Crippen molar-refractivity contribution in [1.82, 2.24) is 14.9 Å². The summed E-state index contributed by atoms with van der Waals surface area (Å²) >= 11 is 5.86. The number of benzene rings is 2. The van der Waals surface area contributed by atoms with E-state index in [1.165, 1.54) is 35.6 Å². The van der Waals surface area contributed by atoms with E-state index < -0.39 is 10.0 Å². The minimum Gasteiger partial charge on any atom is -0.352 e. The van der Waals surface area contributed by atoms with Crippen LogP contribution in [0.2, 0.25) is 5.02 Å². The van der Waals surface area contributed by atoms with Crippen LogP contribution in [0.15, 0.2) is 66.1 Å². The van der Waals surface area contributed by atoms with E-state index in [0.29, 0.717) is 22.8 Å². The van der Waals surface area contributed by atoms with E-state index >= 15 is 0 Å². The Morgan fingerprint density at radius 3 is 2.60 bits per heavy atom. The lowest BCUT2D eigenvalue weighted by molar-refractivity contribution is 0.0952. The highest BCUT2D eigenvalue weighted by atomic mass is 35.5. The van der Waals surface area contributed by atoms with E-state index in [4.69, 9.17) is 11.6 Å². The van der Waals surface area contributed by atoms with Crippen LogP contribution in [0.25, 0.3) is 0 Å². The molecule has 3 aromatic rings. The molecule has 3 rings (SSSR count). The molecule has 1 heterocycles. The Hall–Kier alpha value is -2.84. The predicted molar refractivity (Wildman–Crippen MR) is 117 cm³/mol. The zero-order valence-electron chi connectivity index (χ0n) is 16.7. The Kier molecular flexibility index (Phi) is 6.79. The molecule has 1 amide bonds. The number of sulfonamides is 1. The number of hydrogen-bond donors (Lipinski definition) is 1. The van der Waals surface area contributed by atoms with Gasteiger partial charge in [0, 0.05) is 43.1 Å². The Bertz CT molecular complexity index is 1110. The van der Waals surface area contributed by atoms with E-state index in [1.54, 1.807) is 37.6 Å². The molecule has 2 aromatic carbocycles. The van der Waals surface area contributed by atoms with E-state index in [-0.39, 0.29) is 10.8 Å². The first-order valence-electron chi connectivity index (χ1n) is 9.38. The van der Waals surface area contributed by atoms with Crippen molar-refractivity contribution >= 4 is 33.2 Å². The quantitative estimate of drug-likeness (QED) is 0.537. The maximum absolute atomic E-state index is 13.0. The monoisotopic (exact) mass is 446 g/mol. The zero-order valence-corrected chi connectivity index (χ0v) is 18.3. The van der Waals surface area contributed by atoms with Gasteiger partial charge in [-0.2, -0.15) is 0 Å². The topological polar surface area (TPSA) is 84.3 Å². The third kappa shape index (κ3) is 5.01. The van der Waals surface area contributed by atoms with E-state index in [9.17, 15) is 13.2 Å². The Morgan fingerprint density at radius 2 is 1.93 bits per heavy atom. The van der Waals surface area contributed by atoms with Gasteiger partial charge in [-0.15, -0.1) is 0 Å². The smallest absolute Gasteiger partial charge is 0.264 e. The van der Waals surface area contributed by atoms with Gasteiger partial charge in [-0.3, -0.25) is 9.10 Å². The molecular formula is C21H23ClN4O3S. The molecule has 0 atom stereocenters. The first-order valence-corrected chi connectivity index (χ1v) is 11.2. The van der Waals surface area contributed by atoms with E-state index in [2.05, 4.69) is 10.3 Å². The summed E-state index contributed by atoms with van der Waals surface area (Å²) in [5, 5.41) is 3.33. The molecule has 0 bridgehead atoms. The van der Waals surface area contributed by atoms with Gasteiger partial charge in [-0.25, -0.2) is 13.4 Å². The summed E-state index contributed by atoms with van der Waals surface area (Å²) in [5.74, 6) is -0.251. The van der Waals surface area contributed by atoms with Crippen LogP contribution < -0.4 is 9.62 Å². The molecule has 0 aliphatic carbocycles. The lowest BCUT2D eigenvalue weighted by Gasteiger charge is -2.22. The fourth-order valence-electron chi connectivity index (χ4n) is 2.97. The minimum atomic E-state index is -3.79. The van der Waals surface area contributed by atoms with Crippen LogP contribution in [0.3, 0.4) is 0 Å². The Balaban J connectivity index is 1.72. The van der Waals surface area contributed by atoms with Crippen LogP contribution in [0.1, 0.15) is 22.3 Å². The number of carbonyl (C=O) groups is 1. The van der Waals surface area contributed by atoms with Gasteiger partial charge < -0.3 is 9.88 Å². The number of nitrogens with zero attached hydrogens (tertiary/aromatic N) is 3. The number of carbonyl (C=O) groups excluding carboxylic acids is 1. The number of amides is 1. The number of nitrogens with one attached hydrogen (secondary N) is 1. The van der Waals surface area contributed by atoms with Gasteiger partial charge >= 0.3 is 0 Å². The summed E-state index contributed by atoms with van der Waals surface area (Å²) in [6.45, 7) is 3.05. The second-order valence-electron chi connectivity index (χ2n) is 6.84. The van der Waals surface area contributed by atoms with Crippen LogP contribution in [0.4, 0.5) is 5.69 Å². The van der Waals surface area contributed by atoms with Gasteiger partial charge in [0.25, 0.3) is 15.9 Å². The molecule has 158 valence electrons. The molecule has 0 saturated heterocycles. The molecule has 0 aliphatic rings. The van der Waals surface area contributed by atoms with Gasteiger partial charge in [0.15, 0.2) is 0 Å². The lowest BCUT2D eigenvalue weighted by atomic mass is 10.1. The van der Waals surface area contributed by atoms with Crippen molar-refractivity contribution in [2.45, 2.75) is 24.8 Å². The van der Waals surface area contributed by atoms with Gasteiger partial charge in [0.2, 0.25) is 0 Å². The van der Waals surface area contributed by atoms with Crippen molar-refractivity contribution < 1.29 is 13.2 Å². The van der Waals surface area contributed by atoms with Gasteiger partial charge in [0.1, 0.15) is 0 Å². The Morgan fingerprint density at radius 1 is 1.20 bits per heavy atom. The summed E-state index contributed by atoms with van der Waals surface area (Å²) in [5.41, 5.74) is 1.58. The first-order chi connectivity index (χ1) is 14.3. The van der Waals surface area contributed by atoms with Gasteiger partial charge in [0.05, 0.1) is 16.9 Å². The third-order valence-electron chi connectivity index (χ3n) is 4.72. The molecule has 0 fully saturated rings. The Labute approximate surface area is 181 Å². The maximum Gasteiger partial charge on any atom is 0.264 e. The third-order valence-corrected chi connectivity index (χ3v) is 6.76. The normalized spacial score (nSPS) is 11.3. The summed E-state index contributed by atoms with van der Waals surface area (Å²) < 4.78 is 29.1. The number of aromatic nitrogens is 2. The number of rotatable bonds is 8. The van der Waals surface area contributed by atoms with Crippen LogP contribution in [-0.4, -0.2) is 37.5 Å². The summed E-state index contributed by atoms with van der Waals surface area (Å²) in [6.07, 6.45) is 6.06. The average Bonchev–Trinajstić information content (AvgIpc) is 3.25. The fraction of sp³-hybridized carbons (Fsp3) is 0.238. The van der Waals surface area contributed by atoms with E-state index in [1.807, 2.05) is 10.8 Å². The van der Waals surface area contributed by atoms with E-state index in [0.717, 1.165) is 18.5 Å². The first kappa shape index (κ1) is 21.9. The molecule has 1 N–H and O–H groups in total. The number of halogens is 1. The molecular weight excluding hydrogens is 424 g/mol. The second-order valence-corrected chi connectivity index (χ2v) is 9.24. The minimum absolute atomic E-state index is 0.128. The largest absolute Gasteiger partial charge is 0.352 e. The highest BCUT2D eigenvalue weighted by molar-refractivity contribution is 7.92. The second kappa shape index (κ2) is 9.32. The lowest BCUT2D eigenvalue weighted by Crippen LogP contribution is -2.28. The molecule has 0 saturated carbocycles. The highest BCUT2D eigenvalue weighted by Crippen LogP contribution is 2.27. The fourth-order valence-corrected chi connectivity index (χ4v) is 4.35. The zero-order chi connectivity index (χ0) is 21.7. The molecule has 0 radical (unpaired) electrons. The van der Waals surface area contributed by atoms with Gasteiger partial charge in [-0.1, -0.05) is 17.7 Å². The van der Waals surface area contributed by atoms with Crippen LogP contribution >= 0.6 is 11.6 Å². The number of aryl methyl sites for hydroxylation is 2. The molecule has 0 aliphatic heterocycles. The maximum atomic E-state index is 13.0. The summed E-state index contributed by atoms with van der Waals surface area (Å²) in [7, 11) is -2.31. The van der Waals surface area contributed by atoms with Crippen molar-refractivity contribution in [3.8, 4) is 0 Å². The molecule has 9 heteroatoms. The van der Waals surface area contributed by atoms with Crippen molar-refractivity contribution in [2.75, 3.05) is 17.9 Å². The van der Waals surface area contributed by atoms with Crippen molar-refractivity contribution in [3.05, 3.63) is 77.3 Å². The standard InChI is InChI=1S/C21H23ClN4O3S/c1-16-4-5-17(21(27)24-10-3-12-26-13-11-23-15-26)14-20(16)25(2)30(28,29)19-8-6-18(22)7-9-19/h4-9,11,13-15H,3,10,12H2,1-2H3,(H,24,27). The van der Waals surface area contributed by atoms with Crippen molar-refractivity contribution in [3.63, 3.8) is 0 Å². The summed E-state index contributed by atoms with van der Waals surface area (Å²) in [6, 6.07) is 11.0. The predicted octanol–water partition coefficient (Wildman–Crippen LogP) is 3.49. The molecule has 1 aromatic heterocycles. The average molecular weight is 447 g/mol. The van der Waals surface area contributed by atoms with Crippen LogP contribution in [-0.2, 0) is 16.6 Å². The SMILES string of the molecule is Cc1ccc(C(=O)NCCCn2ccnc2)cc1N(C)S(=O)(=O)c1ccc(Cl)cc1. The highest BCUT2D eigenvalue weighted by Gasteiger charge is 2.23. The number of hydrogen-bond acceptors (Lipinski definition) is 4. The molecule has 0 unspecified atom stereocenters. The molecule has 7 nitrogen and oxygen atoms in total. The van der Waals surface area contributed by atoms with Crippen molar-refractivity contribution in [1.29, 1.82) is 0 Å². The van der Waals surface area contributed by atoms with Gasteiger partial charge in [-0.05, 0) is 55.3 Å². The number of imidazole rings is 1. The van der Waals surface area contributed by atoms with Crippen LogP contribution in [0.5, 0.6) is 0 Å². The number of anilines is 1.